The predicted octanol–water partition coefficient (Wildman–Crippen LogP) is 1.13. The molecule has 0 fully saturated rings. The first kappa shape index (κ1) is 12.4. The third-order valence-corrected chi connectivity index (χ3v) is 2.96. The zero-order valence-corrected chi connectivity index (χ0v) is 9.46. The van der Waals surface area contributed by atoms with Gasteiger partial charge in [0.1, 0.15) is 0 Å². The van der Waals surface area contributed by atoms with Crippen LogP contribution < -0.4 is 5.32 Å². The Kier molecular flexibility index (Phi) is 5.01. The predicted molar refractivity (Wildman–Crippen MR) is 60.4 cm³/mol. The molecule has 0 heterocycles. The molecule has 0 amide bonds. The van der Waals surface area contributed by atoms with Crippen molar-refractivity contribution in [2.45, 2.75) is 19.3 Å². The van der Waals surface area contributed by atoms with Crippen LogP contribution in [0.15, 0.2) is 23.8 Å². The Morgan fingerprint density at radius 1 is 1.40 bits per heavy atom. The average molecular weight is 231 g/mol. The normalized spacial score (nSPS) is 16.5. The summed E-state index contributed by atoms with van der Waals surface area (Å²) in [7, 11) is -3.80. The second-order valence-electron chi connectivity index (χ2n) is 3.58. The van der Waals surface area contributed by atoms with Crippen LogP contribution in [0.1, 0.15) is 19.3 Å². The lowest BCUT2D eigenvalue weighted by Gasteiger charge is -2.07. The van der Waals surface area contributed by atoms with Crippen LogP contribution in [-0.2, 0) is 10.1 Å². The molecule has 0 saturated heterocycles. The van der Waals surface area contributed by atoms with Crippen molar-refractivity contribution < 1.29 is 13.0 Å². The molecule has 0 aromatic carbocycles. The number of hydrogen-bond donors (Lipinski definition) is 2. The molecule has 0 bridgehead atoms. The van der Waals surface area contributed by atoms with Crippen molar-refractivity contribution in [1.29, 1.82) is 0 Å². The standard InChI is InChI=1S/C10H17NO3S/c12-15(13,14)8-4-7-11-9-10-5-2-1-3-6-10/h2,5-6,11H,1,3-4,7-9H2,(H,12,13,14). The number of rotatable bonds is 6. The third kappa shape index (κ3) is 6.43. The van der Waals surface area contributed by atoms with Crippen molar-refractivity contribution in [3.8, 4) is 0 Å². The SMILES string of the molecule is O=S(=O)(O)CCCNCC1=CCCC=C1. The summed E-state index contributed by atoms with van der Waals surface area (Å²) in [6, 6.07) is 0. The molecule has 1 aliphatic rings. The van der Waals surface area contributed by atoms with Crippen molar-refractivity contribution in [1.82, 2.24) is 5.32 Å². The number of nitrogens with one attached hydrogen (secondary N) is 1. The quantitative estimate of drug-likeness (QED) is 0.531. The fourth-order valence-corrected chi connectivity index (χ4v) is 1.92. The molecular formula is C10H17NO3S. The highest BCUT2D eigenvalue weighted by molar-refractivity contribution is 7.85. The topological polar surface area (TPSA) is 66.4 Å². The lowest BCUT2D eigenvalue weighted by atomic mass is 10.1. The monoisotopic (exact) mass is 231 g/mol. The molecule has 0 atom stereocenters. The zero-order chi connectivity index (χ0) is 11.1. The van der Waals surface area contributed by atoms with E-state index in [4.69, 9.17) is 4.55 Å². The van der Waals surface area contributed by atoms with E-state index in [-0.39, 0.29) is 5.75 Å². The van der Waals surface area contributed by atoms with Crippen LogP contribution in [0.4, 0.5) is 0 Å². The van der Waals surface area contributed by atoms with Crippen LogP contribution in [-0.4, -0.2) is 31.8 Å². The minimum atomic E-state index is -3.80. The lowest BCUT2D eigenvalue weighted by molar-refractivity contribution is 0.480. The summed E-state index contributed by atoms with van der Waals surface area (Å²) in [6.45, 7) is 1.37. The first-order valence-electron chi connectivity index (χ1n) is 5.09. The van der Waals surface area contributed by atoms with Crippen molar-refractivity contribution in [2.24, 2.45) is 0 Å². The van der Waals surface area contributed by atoms with Gasteiger partial charge in [0.2, 0.25) is 0 Å². The molecule has 0 spiro atoms. The Morgan fingerprint density at radius 3 is 2.80 bits per heavy atom. The highest BCUT2D eigenvalue weighted by atomic mass is 32.2. The van der Waals surface area contributed by atoms with E-state index >= 15 is 0 Å². The van der Waals surface area contributed by atoms with E-state index in [9.17, 15) is 8.42 Å². The van der Waals surface area contributed by atoms with E-state index in [1.165, 1.54) is 5.57 Å². The second kappa shape index (κ2) is 6.05. The summed E-state index contributed by atoms with van der Waals surface area (Å²) in [5, 5.41) is 3.13. The Hall–Kier alpha value is -0.650. The van der Waals surface area contributed by atoms with Gasteiger partial charge in [0.15, 0.2) is 0 Å². The highest BCUT2D eigenvalue weighted by Crippen LogP contribution is 2.07. The van der Waals surface area contributed by atoms with Gasteiger partial charge in [-0.15, -0.1) is 0 Å². The van der Waals surface area contributed by atoms with Crippen LogP contribution in [0, 0.1) is 0 Å². The van der Waals surface area contributed by atoms with Gasteiger partial charge in [0, 0.05) is 6.54 Å². The van der Waals surface area contributed by atoms with Gasteiger partial charge in [0.05, 0.1) is 5.75 Å². The Morgan fingerprint density at radius 2 is 2.20 bits per heavy atom. The molecule has 15 heavy (non-hydrogen) atoms. The largest absolute Gasteiger partial charge is 0.313 e. The molecule has 1 aliphatic carbocycles. The Labute approximate surface area is 90.8 Å². The summed E-state index contributed by atoms with van der Waals surface area (Å²) in [6.07, 6.45) is 9.02. The molecule has 4 nitrogen and oxygen atoms in total. The molecular weight excluding hydrogens is 214 g/mol. The minimum absolute atomic E-state index is 0.172. The van der Waals surface area contributed by atoms with E-state index in [0.717, 1.165) is 19.4 Å². The summed E-state index contributed by atoms with van der Waals surface area (Å²) >= 11 is 0. The van der Waals surface area contributed by atoms with Gasteiger partial charge in [-0.1, -0.05) is 18.2 Å². The summed E-state index contributed by atoms with van der Waals surface area (Å²) in [5.41, 5.74) is 1.24. The Bertz CT molecular complexity index is 344. The molecule has 0 aliphatic heterocycles. The van der Waals surface area contributed by atoms with Gasteiger partial charge in [-0.05, 0) is 31.4 Å². The average Bonchev–Trinajstić information content (AvgIpc) is 2.17. The Balaban J connectivity index is 2.07. The molecule has 5 heteroatoms. The second-order valence-corrected chi connectivity index (χ2v) is 5.15. The van der Waals surface area contributed by atoms with Crippen LogP contribution >= 0.6 is 0 Å². The van der Waals surface area contributed by atoms with Gasteiger partial charge >= 0.3 is 0 Å². The van der Waals surface area contributed by atoms with Gasteiger partial charge in [-0.2, -0.15) is 8.42 Å². The maximum absolute atomic E-state index is 10.4. The van der Waals surface area contributed by atoms with E-state index in [1.54, 1.807) is 0 Å². The summed E-state index contributed by atoms with van der Waals surface area (Å²) in [4.78, 5) is 0. The van der Waals surface area contributed by atoms with Crippen LogP contribution in [0.2, 0.25) is 0 Å². The molecule has 1 rings (SSSR count). The fourth-order valence-electron chi connectivity index (χ4n) is 1.41. The molecule has 2 N–H and O–H groups in total. The third-order valence-electron chi connectivity index (χ3n) is 2.16. The zero-order valence-electron chi connectivity index (χ0n) is 8.65. The molecule has 0 unspecified atom stereocenters. The number of hydrogen-bond acceptors (Lipinski definition) is 3. The highest BCUT2D eigenvalue weighted by Gasteiger charge is 2.03. The first-order valence-corrected chi connectivity index (χ1v) is 6.70. The van der Waals surface area contributed by atoms with Gasteiger partial charge in [-0.3, -0.25) is 4.55 Å². The molecule has 0 aromatic rings. The van der Waals surface area contributed by atoms with Crippen LogP contribution in [0.3, 0.4) is 0 Å². The summed E-state index contributed by atoms with van der Waals surface area (Å²) in [5.74, 6) is -0.172. The van der Waals surface area contributed by atoms with Gasteiger partial charge < -0.3 is 5.32 Å². The smallest absolute Gasteiger partial charge is 0.264 e. The maximum atomic E-state index is 10.4. The van der Waals surface area contributed by atoms with Crippen molar-refractivity contribution in [3.05, 3.63) is 23.8 Å². The fraction of sp³-hybridized carbons (Fsp3) is 0.600. The molecule has 0 radical (unpaired) electrons. The van der Waals surface area contributed by atoms with Crippen molar-refractivity contribution in [2.75, 3.05) is 18.8 Å². The molecule has 0 aromatic heterocycles. The molecule has 0 saturated carbocycles. The van der Waals surface area contributed by atoms with E-state index in [0.29, 0.717) is 13.0 Å². The van der Waals surface area contributed by atoms with E-state index in [1.807, 2.05) is 0 Å². The van der Waals surface area contributed by atoms with E-state index in [2.05, 4.69) is 23.5 Å². The number of allylic oxidation sites excluding steroid dienone is 2. The lowest BCUT2D eigenvalue weighted by Crippen LogP contribution is -2.20. The summed E-state index contributed by atoms with van der Waals surface area (Å²) < 4.78 is 29.3. The molecule has 86 valence electrons. The van der Waals surface area contributed by atoms with Crippen molar-refractivity contribution in [3.63, 3.8) is 0 Å². The first-order chi connectivity index (χ1) is 7.08. The van der Waals surface area contributed by atoms with Crippen LogP contribution in [0.5, 0.6) is 0 Å². The van der Waals surface area contributed by atoms with Crippen LogP contribution in [0.25, 0.3) is 0 Å². The maximum Gasteiger partial charge on any atom is 0.264 e. The van der Waals surface area contributed by atoms with Gasteiger partial charge in [0.25, 0.3) is 10.1 Å². The van der Waals surface area contributed by atoms with Gasteiger partial charge in [-0.25, -0.2) is 0 Å². The minimum Gasteiger partial charge on any atom is -0.313 e. The van der Waals surface area contributed by atoms with E-state index < -0.39 is 10.1 Å². The van der Waals surface area contributed by atoms with Crippen molar-refractivity contribution >= 4 is 10.1 Å².